The van der Waals surface area contributed by atoms with Gasteiger partial charge >= 0.3 is 0 Å². The van der Waals surface area contributed by atoms with Gasteiger partial charge in [0.2, 0.25) is 0 Å². The molecule has 0 aromatic heterocycles. The number of anilines is 3. The number of nitrogens with one attached hydrogen (secondary N) is 1. The minimum atomic E-state index is -0.487. The zero-order chi connectivity index (χ0) is 13.8. The first kappa shape index (κ1) is 13.2. The van der Waals surface area contributed by atoms with Crippen molar-refractivity contribution in [3.05, 3.63) is 52.8 Å². The topological polar surface area (TPSA) is 61.8 Å². The summed E-state index contributed by atoms with van der Waals surface area (Å²) < 4.78 is 13.3. The number of hydrogen-bond donors (Lipinski definition) is 2. The summed E-state index contributed by atoms with van der Waals surface area (Å²) in [5.74, 6) is -0.487. The van der Waals surface area contributed by atoms with Gasteiger partial charge in [0.1, 0.15) is 5.82 Å². The van der Waals surface area contributed by atoms with Gasteiger partial charge in [-0.25, -0.2) is 4.39 Å². The van der Waals surface area contributed by atoms with E-state index in [-0.39, 0.29) is 11.4 Å². The first-order chi connectivity index (χ1) is 9.10. The van der Waals surface area contributed by atoms with E-state index in [9.17, 15) is 4.39 Å². The molecule has 0 bridgehead atoms. The van der Waals surface area contributed by atoms with Gasteiger partial charge < -0.3 is 11.1 Å². The van der Waals surface area contributed by atoms with Crippen LogP contribution in [0.2, 0.25) is 5.02 Å². The molecular formula is C14H11ClFN3. The highest BCUT2D eigenvalue weighted by atomic mass is 35.5. The number of halogens is 2. The molecule has 0 amide bonds. The molecule has 96 valence electrons. The number of nitrogens with two attached hydrogens (primary N) is 1. The second-order valence-electron chi connectivity index (χ2n) is 4.00. The van der Waals surface area contributed by atoms with Crippen LogP contribution in [0.4, 0.5) is 21.5 Å². The maximum Gasteiger partial charge on any atom is 0.143 e. The normalized spacial score (nSPS) is 9.95. The Morgan fingerprint density at radius 3 is 2.58 bits per heavy atom. The molecule has 3 N–H and O–H groups in total. The van der Waals surface area contributed by atoms with E-state index in [1.54, 1.807) is 24.3 Å². The van der Waals surface area contributed by atoms with Crippen LogP contribution in [-0.4, -0.2) is 0 Å². The van der Waals surface area contributed by atoms with E-state index in [1.165, 1.54) is 12.1 Å². The molecule has 3 nitrogen and oxygen atoms in total. The molecule has 2 aromatic rings. The molecule has 0 fully saturated rings. The van der Waals surface area contributed by atoms with E-state index < -0.39 is 5.82 Å². The van der Waals surface area contributed by atoms with Crippen molar-refractivity contribution >= 4 is 28.7 Å². The molecule has 0 aliphatic rings. The Kier molecular flexibility index (Phi) is 3.88. The van der Waals surface area contributed by atoms with Crippen molar-refractivity contribution < 1.29 is 4.39 Å². The van der Waals surface area contributed by atoms with Gasteiger partial charge in [0.25, 0.3) is 0 Å². The monoisotopic (exact) mass is 275 g/mol. The van der Waals surface area contributed by atoms with Crippen LogP contribution < -0.4 is 11.1 Å². The summed E-state index contributed by atoms with van der Waals surface area (Å²) in [6, 6.07) is 11.8. The van der Waals surface area contributed by atoms with Crippen LogP contribution in [0.25, 0.3) is 0 Å². The lowest BCUT2D eigenvalue weighted by Crippen LogP contribution is -1.97. The minimum Gasteiger partial charge on any atom is -0.398 e. The second-order valence-corrected chi connectivity index (χ2v) is 4.41. The Morgan fingerprint density at radius 1 is 1.21 bits per heavy atom. The summed E-state index contributed by atoms with van der Waals surface area (Å²) in [5.41, 5.74) is 8.37. The Labute approximate surface area is 115 Å². The van der Waals surface area contributed by atoms with Crippen molar-refractivity contribution in [2.24, 2.45) is 0 Å². The van der Waals surface area contributed by atoms with Crippen LogP contribution in [0, 0.1) is 17.1 Å². The Bertz CT molecular complexity index is 650. The van der Waals surface area contributed by atoms with Crippen LogP contribution in [0.3, 0.4) is 0 Å². The highest BCUT2D eigenvalue weighted by Crippen LogP contribution is 2.24. The fourth-order valence-corrected chi connectivity index (χ4v) is 1.78. The summed E-state index contributed by atoms with van der Waals surface area (Å²) in [6.07, 6.45) is 0.232. The van der Waals surface area contributed by atoms with Crippen LogP contribution >= 0.6 is 11.6 Å². The van der Waals surface area contributed by atoms with Crippen molar-refractivity contribution in [1.29, 1.82) is 5.26 Å². The minimum absolute atomic E-state index is 0.0769. The molecular weight excluding hydrogens is 265 g/mol. The lowest BCUT2D eigenvalue weighted by molar-refractivity contribution is 0.629. The van der Waals surface area contributed by atoms with Gasteiger partial charge in [0, 0.05) is 17.1 Å². The van der Waals surface area contributed by atoms with E-state index in [1.807, 2.05) is 6.07 Å². The molecule has 2 aromatic carbocycles. The molecule has 0 atom stereocenters. The number of nitrogen functional groups attached to an aromatic ring is 1. The van der Waals surface area contributed by atoms with E-state index in [0.717, 1.165) is 11.3 Å². The lowest BCUT2D eigenvalue weighted by Gasteiger charge is -2.09. The van der Waals surface area contributed by atoms with Crippen LogP contribution in [0.5, 0.6) is 0 Å². The third-order valence-electron chi connectivity index (χ3n) is 2.62. The fraction of sp³-hybridized carbons (Fsp3) is 0.0714. The fourth-order valence-electron chi connectivity index (χ4n) is 1.66. The predicted octanol–water partition coefficient (Wildman–Crippen LogP) is 3.87. The SMILES string of the molecule is N#CCc1cc(Nc2ccc(Cl)c(F)c2)ccc1N. The zero-order valence-corrected chi connectivity index (χ0v) is 10.7. The third-order valence-corrected chi connectivity index (χ3v) is 2.93. The van der Waals surface area contributed by atoms with Gasteiger partial charge in [-0.3, -0.25) is 0 Å². The molecule has 0 saturated heterocycles. The zero-order valence-electron chi connectivity index (χ0n) is 9.95. The van der Waals surface area contributed by atoms with Crippen molar-refractivity contribution in [3.63, 3.8) is 0 Å². The number of nitrogens with zero attached hydrogens (tertiary/aromatic N) is 1. The molecule has 0 heterocycles. The largest absolute Gasteiger partial charge is 0.398 e. The molecule has 0 spiro atoms. The second kappa shape index (κ2) is 5.59. The van der Waals surface area contributed by atoms with Crippen molar-refractivity contribution in [1.82, 2.24) is 0 Å². The molecule has 2 rings (SSSR count). The Balaban J connectivity index is 2.25. The highest BCUT2D eigenvalue weighted by Gasteiger charge is 2.04. The summed E-state index contributed by atoms with van der Waals surface area (Å²) in [5, 5.41) is 11.8. The summed E-state index contributed by atoms with van der Waals surface area (Å²) in [4.78, 5) is 0. The van der Waals surface area contributed by atoms with E-state index >= 15 is 0 Å². The molecule has 0 unspecified atom stereocenters. The average Bonchev–Trinajstić information content (AvgIpc) is 2.38. The maximum atomic E-state index is 13.3. The Hall–Kier alpha value is -2.25. The molecule has 0 radical (unpaired) electrons. The summed E-state index contributed by atoms with van der Waals surface area (Å²) in [7, 11) is 0. The summed E-state index contributed by atoms with van der Waals surface area (Å²) >= 11 is 5.62. The molecule has 0 aliphatic heterocycles. The first-order valence-electron chi connectivity index (χ1n) is 5.57. The standard InChI is InChI=1S/C14H11ClFN3/c15-12-3-1-11(8-13(12)16)19-10-2-4-14(18)9(7-10)5-6-17/h1-4,7-8,19H,5,18H2. The quantitative estimate of drug-likeness (QED) is 0.836. The summed E-state index contributed by atoms with van der Waals surface area (Å²) in [6.45, 7) is 0. The van der Waals surface area contributed by atoms with Crippen molar-refractivity contribution in [3.8, 4) is 6.07 Å². The number of hydrogen-bond acceptors (Lipinski definition) is 3. The van der Waals surface area contributed by atoms with Gasteiger partial charge in [0.15, 0.2) is 0 Å². The molecule has 0 aliphatic carbocycles. The van der Waals surface area contributed by atoms with Crippen molar-refractivity contribution in [2.75, 3.05) is 11.1 Å². The van der Waals surface area contributed by atoms with Gasteiger partial charge in [-0.1, -0.05) is 11.6 Å². The average molecular weight is 276 g/mol. The van der Waals surface area contributed by atoms with Gasteiger partial charge in [0.05, 0.1) is 17.5 Å². The Morgan fingerprint density at radius 2 is 1.89 bits per heavy atom. The maximum absolute atomic E-state index is 13.3. The van der Waals surface area contributed by atoms with Gasteiger partial charge in [-0.05, 0) is 42.0 Å². The highest BCUT2D eigenvalue weighted by molar-refractivity contribution is 6.30. The first-order valence-corrected chi connectivity index (χ1v) is 5.95. The molecule has 0 saturated carbocycles. The van der Waals surface area contributed by atoms with E-state index in [0.29, 0.717) is 11.4 Å². The smallest absolute Gasteiger partial charge is 0.143 e. The number of benzene rings is 2. The number of nitriles is 1. The van der Waals surface area contributed by atoms with E-state index in [2.05, 4.69) is 5.32 Å². The predicted molar refractivity (Wildman–Crippen MR) is 74.9 cm³/mol. The molecule has 5 heteroatoms. The van der Waals surface area contributed by atoms with Crippen molar-refractivity contribution in [2.45, 2.75) is 6.42 Å². The third kappa shape index (κ3) is 3.15. The lowest BCUT2D eigenvalue weighted by atomic mass is 10.1. The van der Waals surface area contributed by atoms with Gasteiger partial charge in [-0.15, -0.1) is 0 Å². The van der Waals surface area contributed by atoms with Crippen LogP contribution in [0.1, 0.15) is 5.56 Å². The van der Waals surface area contributed by atoms with Crippen LogP contribution in [-0.2, 0) is 6.42 Å². The van der Waals surface area contributed by atoms with E-state index in [4.69, 9.17) is 22.6 Å². The van der Waals surface area contributed by atoms with Crippen LogP contribution in [0.15, 0.2) is 36.4 Å². The molecule has 19 heavy (non-hydrogen) atoms. The van der Waals surface area contributed by atoms with Gasteiger partial charge in [-0.2, -0.15) is 5.26 Å². The number of rotatable bonds is 3.